The molecular weight excluding hydrogens is 316 g/mol. The first-order valence-corrected chi connectivity index (χ1v) is 8.33. The van der Waals surface area contributed by atoms with Crippen LogP contribution in [-0.4, -0.2) is 28.0 Å². The van der Waals surface area contributed by atoms with Crippen molar-refractivity contribution in [1.29, 1.82) is 0 Å². The first kappa shape index (κ1) is 15.7. The van der Waals surface area contributed by atoms with Crippen LogP contribution in [0.4, 0.5) is 0 Å². The fourth-order valence-corrected chi connectivity index (χ4v) is 3.78. The lowest BCUT2D eigenvalue weighted by Crippen LogP contribution is -2.33. The second-order valence-electron chi connectivity index (χ2n) is 5.86. The van der Waals surface area contributed by atoms with Gasteiger partial charge in [0.1, 0.15) is 10.6 Å². The Morgan fingerprint density at radius 3 is 2.74 bits per heavy atom. The molecule has 6 nitrogen and oxygen atoms in total. The van der Waals surface area contributed by atoms with Gasteiger partial charge in [0.05, 0.1) is 11.6 Å². The van der Waals surface area contributed by atoms with Crippen LogP contribution < -0.4 is 5.32 Å². The number of carboxylic acid groups (broad SMARTS) is 1. The van der Waals surface area contributed by atoms with E-state index in [1.54, 1.807) is 6.92 Å². The van der Waals surface area contributed by atoms with Gasteiger partial charge in [0.15, 0.2) is 10.8 Å². The Balaban J connectivity index is 1.71. The Hall–Kier alpha value is -2.15. The van der Waals surface area contributed by atoms with Crippen LogP contribution in [0, 0.1) is 19.8 Å². The second-order valence-corrected chi connectivity index (χ2v) is 6.86. The normalized spacial score (nSPS) is 20.6. The average molecular weight is 334 g/mol. The van der Waals surface area contributed by atoms with Crippen LogP contribution in [0.3, 0.4) is 0 Å². The Kier molecular flexibility index (Phi) is 4.21. The molecule has 0 spiro atoms. The molecule has 3 rings (SSSR count). The predicted molar refractivity (Wildman–Crippen MR) is 85.5 cm³/mol. The summed E-state index contributed by atoms with van der Waals surface area (Å²) in [7, 11) is 0. The van der Waals surface area contributed by atoms with E-state index in [9.17, 15) is 9.59 Å². The number of thiazole rings is 1. The summed E-state index contributed by atoms with van der Waals surface area (Å²) >= 11 is 1.29. The van der Waals surface area contributed by atoms with Gasteiger partial charge in [0.2, 0.25) is 0 Å². The van der Waals surface area contributed by atoms with Crippen molar-refractivity contribution >= 4 is 23.2 Å². The van der Waals surface area contributed by atoms with E-state index in [2.05, 4.69) is 10.3 Å². The highest BCUT2D eigenvalue weighted by Crippen LogP contribution is 2.30. The van der Waals surface area contributed by atoms with Gasteiger partial charge in [-0.05, 0) is 45.2 Å². The van der Waals surface area contributed by atoms with E-state index in [0.717, 1.165) is 5.76 Å². The Labute approximate surface area is 137 Å². The van der Waals surface area contributed by atoms with Crippen molar-refractivity contribution in [2.45, 2.75) is 39.2 Å². The predicted octanol–water partition coefficient (Wildman–Crippen LogP) is 3.00. The summed E-state index contributed by atoms with van der Waals surface area (Å²) in [6, 6.07) is 3.61. The maximum Gasteiger partial charge on any atom is 0.306 e. The molecule has 2 aromatic heterocycles. The number of amides is 1. The maximum atomic E-state index is 12.4. The smallest absolute Gasteiger partial charge is 0.306 e. The number of nitrogens with one attached hydrogen (secondary N) is 1. The molecular formula is C16H18N2O4S. The molecule has 1 aliphatic carbocycles. The summed E-state index contributed by atoms with van der Waals surface area (Å²) in [4.78, 5) is 28.4. The summed E-state index contributed by atoms with van der Waals surface area (Å²) in [5.74, 6) is 0.118. The highest BCUT2D eigenvalue weighted by Gasteiger charge is 2.31. The maximum absolute atomic E-state index is 12.4. The second kappa shape index (κ2) is 6.16. The number of nitrogens with zero attached hydrogens (tertiary/aromatic N) is 1. The van der Waals surface area contributed by atoms with Crippen molar-refractivity contribution in [1.82, 2.24) is 10.3 Å². The van der Waals surface area contributed by atoms with E-state index in [1.165, 1.54) is 11.3 Å². The van der Waals surface area contributed by atoms with Gasteiger partial charge in [-0.1, -0.05) is 0 Å². The highest BCUT2D eigenvalue weighted by molar-refractivity contribution is 7.17. The minimum absolute atomic E-state index is 0.0839. The van der Waals surface area contributed by atoms with Crippen LogP contribution in [0.25, 0.3) is 10.8 Å². The molecule has 0 unspecified atom stereocenters. The minimum atomic E-state index is -0.786. The van der Waals surface area contributed by atoms with Crippen molar-refractivity contribution < 1.29 is 19.1 Å². The summed E-state index contributed by atoms with van der Waals surface area (Å²) in [5, 5.41) is 12.6. The number of carbonyl (C=O) groups excluding carboxylic acids is 1. The van der Waals surface area contributed by atoms with Crippen molar-refractivity contribution in [3.05, 3.63) is 28.5 Å². The van der Waals surface area contributed by atoms with Gasteiger partial charge < -0.3 is 14.8 Å². The van der Waals surface area contributed by atoms with Crippen LogP contribution in [0.15, 0.2) is 16.5 Å². The third-order valence-corrected chi connectivity index (χ3v) is 5.24. The van der Waals surface area contributed by atoms with Crippen LogP contribution in [-0.2, 0) is 4.79 Å². The van der Waals surface area contributed by atoms with Crippen molar-refractivity contribution in [2.75, 3.05) is 0 Å². The molecule has 0 aliphatic heterocycles. The Morgan fingerprint density at radius 1 is 1.35 bits per heavy atom. The van der Waals surface area contributed by atoms with E-state index in [4.69, 9.17) is 9.52 Å². The Morgan fingerprint density at radius 2 is 2.13 bits per heavy atom. The Bertz CT molecular complexity index is 749. The molecule has 2 atom stereocenters. The fourth-order valence-electron chi connectivity index (χ4n) is 2.85. The molecule has 0 radical (unpaired) electrons. The molecule has 0 bridgehead atoms. The van der Waals surface area contributed by atoms with Crippen molar-refractivity contribution in [2.24, 2.45) is 5.92 Å². The summed E-state index contributed by atoms with van der Waals surface area (Å²) < 4.78 is 5.54. The van der Waals surface area contributed by atoms with Crippen molar-refractivity contribution in [3.63, 3.8) is 0 Å². The molecule has 2 heterocycles. The lowest BCUT2D eigenvalue weighted by molar-refractivity contribution is -0.141. The van der Waals surface area contributed by atoms with Gasteiger partial charge in [0.25, 0.3) is 5.91 Å². The van der Waals surface area contributed by atoms with E-state index in [1.807, 2.05) is 19.1 Å². The first-order valence-electron chi connectivity index (χ1n) is 7.52. The molecule has 7 heteroatoms. The van der Waals surface area contributed by atoms with Gasteiger partial charge in [0, 0.05) is 6.04 Å². The third kappa shape index (κ3) is 3.29. The van der Waals surface area contributed by atoms with Gasteiger partial charge in [-0.2, -0.15) is 0 Å². The zero-order valence-electron chi connectivity index (χ0n) is 13.0. The number of hydrogen-bond donors (Lipinski definition) is 2. The minimum Gasteiger partial charge on any atom is -0.481 e. The van der Waals surface area contributed by atoms with Gasteiger partial charge >= 0.3 is 5.97 Å². The molecule has 1 fully saturated rings. The fraction of sp³-hybridized carbons (Fsp3) is 0.438. The van der Waals surface area contributed by atoms with Gasteiger partial charge in [-0.3, -0.25) is 9.59 Å². The molecule has 1 aliphatic rings. The molecule has 1 amide bonds. The van der Waals surface area contributed by atoms with E-state index in [-0.39, 0.29) is 17.9 Å². The lowest BCUT2D eigenvalue weighted by Gasteiger charge is -2.11. The van der Waals surface area contributed by atoms with Crippen molar-refractivity contribution in [3.8, 4) is 10.8 Å². The van der Waals surface area contributed by atoms with Crippen LogP contribution in [0.1, 0.15) is 40.4 Å². The monoisotopic (exact) mass is 334 g/mol. The summed E-state index contributed by atoms with van der Waals surface area (Å²) in [6.07, 6.45) is 1.80. The quantitative estimate of drug-likeness (QED) is 0.896. The summed E-state index contributed by atoms with van der Waals surface area (Å²) in [6.45, 7) is 3.65. The van der Waals surface area contributed by atoms with Crippen LogP contribution in [0.2, 0.25) is 0 Å². The molecule has 122 valence electrons. The third-order valence-electron chi connectivity index (χ3n) is 4.07. The van der Waals surface area contributed by atoms with E-state index >= 15 is 0 Å². The number of aliphatic carboxylic acids is 1. The number of rotatable bonds is 4. The largest absolute Gasteiger partial charge is 0.481 e. The number of hydrogen-bond acceptors (Lipinski definition) is 5. The summed E-state index contributed by atoms with van der Waals surface area (Å²) in [5.41, 5.74) is 0.657. The molecule has 2 aromatic rings. The number of aromatic nitrogens is 1. The van der Waals surface area contributed by atoms with E-state index < -0.39 is 5.97 Å². The zero-order valence-corrected chi connectivity index (χ0v) is 13.8. The standard InChI is InChI=1S/C16H18N2O4S/c1-8-3-6-12(22-8)15-17-9(2)13(23-15)14(19)18-11-5-4-10(7-11)16(20)21/h3,6,10-11H,4-5,7H2,1-2H3,(H,18,19)(H,20,21)/t10-,11+/m1/s1. The molecule has 0 aromatic carbocycles. The number of aryl methyl sites for hydroxylation is 2. The molecule has 1 saturated carbocycles. The van der Waals surface area contributed by atoms with Crippen LogP contribution in [0.5, 0.6) is 0 Å². The first-order chi connectivity index (χ1) is 10.9. The van der Waals surface area contributed by atoms with Gasteiger partial charge in [-0.15, -0.1) is 11.3 Å². The lowest BCUT2D eigenvalue weighted by atomic mass is 10.1. The molecule has 2 N–H and O–H groups in total. The zero-order chi connectivity index (χ0) is 16.6. The number of carboxylic acids is 1. The van der Waals surface area contributed by atoms with Crippen LogP contribution >= 0.6 is 11.3 Å². The van der Waals surface area contributed by atoms with E-state index in [0.29, 0.717) is 40.6 Å². The number of furan rings is 1. The molecule has 23 heavy (non-hydrogen) atoms. The van der Waals surface area contributed by atoms with Gasteiger partial charge in [-0.25, -0.2) is 4.98 Å². The highest BCUT2D eigenvalue weighted by atomic mass is 32.1. The molecule has 0 saturated heterocycles. The SMILES string of the molecule is Cc1ccc(-c2nc(C)c(C(=O)N[C@H]3CC[C@@H](C(=O)O)C3)s2)o1. The topological polar surface area (TPSA) is 92.4 Å². The number of carbonyl (C=O) groups is 2. The average Bonchev–Trinajstić information content (AvgIpc) is 3.18.